The van der Waals surface area contributed by atoms with Crippen molar-refractivity contribution in [2.45, 2.75) is 25.2 Å². The monoisotopic (exact) mass is 492 g/mol. The Kier molecular flexibility index (Phi) is 7.58. The van der Waals surface area contributed by atoms with E-state index in [0.717, 1.165) is 11.3 Å². The van der Waals surface area contributed by atoms with Crippen molar-refractivity contribution in [2.75, 3.05) is 38.2 Å². The molecule has 0 aliphatic carbocycles. The van der Waals surface area contributed by atoms with Crippen LogP contribution in [0.2, 0.25) is 5.02 Å². The summed E-state index contributed by atoms with van der Waals surface area (Å²) in [6, 6.07) is 19.1. The largest absolute Gasteiger partial charge is 0.497 e. The molecule has 2 aromatic carbocycles. The first kappa shape index (κ1) is 25.0. The van der Waals surface area contributed by atoms with Crippen LogP contribution in [0.5, 0.6) is 5.75 Å². The maximum absolute atomic E-state index is 11.3. The van der Waals surface area contributed by atoms with Gasteiger partial charge in [0.1, 0.15) is 17.4 Å². The molecule has 0 bridgehead atoms. The Bertz CT molecular complexity index is 1190. The van der Waals surface area contributed by atoms with E-state index in [0.29, 0.717) is 53.8 Å². The molecule has 2 atom stereocenters. The van der Waals surface area contributed by atoms with E-state index in [1.165, 1.54) is 0 Å². The van der Waals surface area contributed by atoms with E-state index in [4.69, 9.17) is 16.3 Å². The summed E-state index contributed by atoms with van der Waals surface area (Å²) in [6.07, 6.45) is 1.59. The lowest BCUT2D eigenvalue weighted by Gasteiger charge is -2.45. The molecule has 7 nitrogen and oxygen atoms in total. The van der Waals surface area contributed by atoms with Crippen LogP contribution in [-0.4, -0.2) is 53.4 Å². The SMILES string of the molecule is COc1ccc(N2CCN(C[C@@](C)(O)c3ccc(CO)cn3)C[C@H]2c2ccc(Cl)cc2)c(C#N)c1. The van der Waals surface area contributed by atoms with Crippen molar-refractivity contribution < 1.29 is 14.9 Å². The van der Waals surface area contributed by atoms with Gasteiger partial charge in [0, 0.05) is 37.4 Å². The number of aromatic nitrogens is 1. The molecule has 35 heavy (non-hydrogen) atoms. The first-order valence-electron chi connectivity index (χ1n) is 11.5. The molecule has 8 heteroatoms. The predicted octanol–water partition coefficient (Wildman–Crippen LogP) is 3.88. The van der Waals surface area contributed by atoms with Gasteiger partial charge in [0.15, 0.2) is 0 Å². The van der Waals surface area contributed by atoms with E-state index >= 15 is 0 Å². The van der Waals surface area contributed by atoms with Gasteiger partial charge in [-0.3, -0.25) is 9.88 Å². The number of pyridine rings is 1. The van der Waals surface area contributed by atoms with Crippen molar-refractivity contribution in [1.82, 2.24) is 9.88 Å². The second-order valence-corrected chi connectivity index (χ2v) is 9.41. The Hall–Kier alpha value is -3.15. The van der Waals surface area contributed by atoms with Gasteiger partial charge < -0.3 is 19.8 Å². The minimum Gasteiger partial charge on any atom is -0.497 e. The van der Waals surface area contributed by atoms with E-state index in [9.17, 15) is 15.5 Å². The molecular weight excluding hydrogens is 464 g/mol. The first-order valence-corrected chi connectivity index (χ1v) is 11.8. The summed E-state index contributed by atoms with van der Waals surface area (Å²) in [5.41, 5.74) is 2.57. The molecule has 1 aliphatic rings. The summed E-state index contributed by atoms with van der Waals surface area (Å²) in [4.78, 5) is 8.82. The van der Waals surface area contributed by atoms with Crippen LogP contribution in [-0.2, 0) is 12.2 Å². The van der Waals surface area contributed by atoms with Gasteiger partial charge in [-0.25, -0.2) is 0 Å². The number of methoxy groups -OCH3 is 1. The van der Waals surface area contributed by atoms with Crippen LogP contribution in [0.1, 0.15) is 35.3 Å². The number of β-amino-alcohol motifs (C(OH)–C–C–N with tert-alkyl or cyclic N) is 1. The van der Waals surface area contributed by atoms with Crippen LogP contribution >= 0.6 is 11.6 Å². The molecule has 4 rings (SSSR count). The van der Waals surface area contributed by atoms with Crippen molar-refractivity contribution in [3.05, 3.63) is 88.2 Å². The summed E-state index contributed by atoms with van der Waals surface area (Å²) in [5.74, 6) is 0.641. The number of piperazine rings is 1. The number of nitrogens with zero attached hydrogens (tertiary/aromatic N) is 4. The molecule has 3 aromatic rings. The molecule has 1 aliphatic heterocycles. The normalized spacial score (nSPS) is 18.1. The fraction of sp³-hybridized carbons (Fsp3) is 0.333. The number of aliphatic hydroxyl groups excluding tert-OH is 1. The predicted molar refractivity (Wildman–Crippen MR) is 135 cm³/mol. The summed E-state index contributed by atoms with van der Waals surface area (Å²) < 4.78 is 5.31. The number of hydrogen-bond acceptors (Lipinski definition) is 7. The van der Waals surface area contributed by atoms with Crippen LogP contribution in [0.3, 0.4) is 0 Å². The molecule has 1 fully saturated rings. The number of aliphatic hydroxyl groups is 2. The van der Waals surface area contributed by atoms with Crippen LogP contribution in [0, 0.1) is 11.3 Å². The highest BCUT2D eigenvalue weighted by Crippen LogP contribution is 2.35. The molecule has 0 radical (unpaired) electrons. The van der Waals surface area contributed by atoms with Gasteiger partial charge in [0.05, 0.1) is 36.7 Å². The number of rotatable bonds is 7. The fourth-order valence-electron chi connectivity index (χ4n) is 4.58. The maximum Gasteiger partial charge on any atom is 0.120 e. The Morgan fingerprint density at radius 1 is 1.17 bits per heavy atom. The minimum atomic E-state index is -1.17. The Morgan fingerprint density at radius 2 is 1.94 bits per heavy atom. The van der Waals surface area contributed by atoms with Gasteiger partial charge in [0.2, 0.25) is 0 Å². The highest BCUT2D eigenvalue weighted by Gasteiger charge is 2.34. The third-order valence-electron chi connectivity index (χ3n) is 6.44. The van der Waals surface area contributed by atoms with Crippen LogP contribution in [0.4, 0.5) is 5.69 Å². The van der Waals surface area contributed by atoms with Gasteiger partial charge >= 0.3 is 0 Å². The quantitative estimate of drug-likeness (QED) is 0.517. The molecule has 0 unspecified atom stereocenters. The summed E-state index contributed by atoms with van der Waals surface area (Å²) in [6.45, 7) is 4.08. The van der Waals surface area contributed by atoms with E-state index in [1.807, 2.05) is 36.4 Å². The Labute approximate surface area is 210 Å². The highest BCUT2D eigenvalue weighted by atomic mass is 35.5. The van der Waals surface area contributed by atoms with E-state index in [2.05, 4.69) is 20.9 Å². The zero-order valence-corrected chi connectivity index (χ0v) is 20.6. The standard InChI is InChI=1S/C27H29ClN4O3/c1-27(34,26-10-3-19(17-33)15-30-26)18-31-11-12-32(24-9-8-23(35-2)13-21(24)14-29)25(16-31)20-4-6-22(28)7-5-20/h3-10,13,15,25,33-34H,11-12,16-18H2,1-2H3/t25-,27+/m0/s1. The molecule has 0 amide bonds. The number of nitriles is 1. The fourth-order valence-corrected chi connectivity index (χ4v) is 4.70. The van der Waals surface area contributed by atoms with E-state index in [1.54, 1.807) is 38.4 Å². The topological polar surface area (TPSA) is 92.8 Å². The summed E-state index contributed by atoms with van der Waals surface area (Å²) >= 11 is 6.15. The Morgan fingerprint density at radius 3 is 2.57 bits per heavy atom. The molecule has 1 saturated heterocycles. The molecule has 0 spiro atoms. The lowest BCUT2D eigenvalue weighted by molar-refractivity contribution is 0.00672. The van der Waals surface area contributed by atoms with E-state index < -0.39 is 5.60 Å². The van der Waals surface area contributed by atoms with Gasteiger partial charge in [0.25, 0.3) is 0 Å². The first-order chi connectivity index (χ1) is 16.8. The number of benzene rings is 2. The summed E-state index contributed by atoms with van der Waals surface area (Å²) in [5, 5.41) is 31.0. The lowest BCUT2D eigenvalue weighted by atomic mass is 9.96. The van der Waals surface area contributed by atoms with Crippen molar-refractivity contribution in [2.24, 2.45) is 0 Å². The van der Waals surface area contributed by atoms with Crippen LogP contribution in [0.25, 0.3) is 0 Å². The van der Waals surface area contributed by atoms with Gasteiger partial charge in [-0.1, -0.05) is 29.8 Å². The molecular formula is C27H29ClN4O3. The average Bonchev–Trinajstić information content (AvgIpc) is 2.88. The van der Waals surface area contributed by atoms with Gasteiger partial charge in [-0.05, 0) is 54.4 Å². The number of halogens is 1. The maximum atomic E-state index is 11.3. The molecule has 2 N–H and O–H groups in total. The number of ether oxygens (including phenoxy) is 1. The zero-order valence-electron chi connectivity index (χ0n) is 19.9. The second kappa shape index (κ2) is 10.6. The summed E-state index contributed by atoms with van der Waals surface area (Å²) in [7, 11) is 1.59. The van der Waals surface area contributed by atoms with Crippen LogP contribution in [0.15, 0.2) is 60.8 Å². The number of anilines is 1. The molecule has 1 aromatic heterocycles. The van der Waals surface area contributed by atoms with Crippen LogP contribution < -0.4 is 9.64 Å². The average molecular weight is 493 g/mol. The minimum absolute atomic E-state index is 0.0537. The van der Waals surface area contributed by atoms with Crippen molar-refractivity contribution in [1.29, 1.82) is 5.26 Å². The Balaban J connectivity index is 1.62. The van der Waals surface area contributed by atoms with Crippen molar-refractivity contribution in [3.63, 3.8) is 0 Å². The lowest BCUT2D eigenvalue weighted by Crippen LogP contribution is -2.52. The van der Waals surface area contributed by atoms with Crippen molar-refractivity contribution >= 4 is 17.3 Å². The molecule has 0 saturated carbocycles. The van der Waals surface area contributed by atoms with Crippen molar-refractivity contribution in [3.8, 4) is 11.8 Å². The molecule has 2 heterocycles. The smallest absolute Gasteiger partial charge is 0.120 e. The van der Waals surface area contributed by atoms with Gasteiger partial charge in [-0.2, -0.15) is 5.26 Å². The van der Waals surface area contributed by atoms with Gasteiger partial charge in [-0.15, -0.1) is 0 Å². The highest BCUT2D eigenvalue weighted by molar-refractivity contribution is 6.30. The third kappa shape index (κ3) is 5.58. The van der Waals surface area contributed by atoms with E-state index in [-0.39, 0.29) is 12.6 Å². The number of hydrogen-bond donors (Lipinski definition) is 2. The third-order valence-corrected chi connectivity index (χ3v) is 6.70. The second-order valence-electron chi connectivity index (χ2n) is 8.97. The molecule has 182 valence electrons. The zero-order chi connectivity index (χ0) is 25.0.